The highest BCUT2D eigenvalue weighted by molar-refractivity contribution is 6.12. The summed E-state index contributed by atoms with van der Waals surface area (Å²) in [6.07, 6.45) is 9.67. The quantitative estimate of drug-likeness (QED) is 0.0389. The highest BCUT2D eigenvalue weighted by Gasteiger charge is 2.56. The second-order valence-electron chi connectivity index (χ2n) is 18.7. The topological polar surface area (TPSA) is 281 Å². The normalized spacial score (nSPS) is 17.6. The second kappa shape index (κ2) is 22.2. The Hall–Kier alpha value is -7.97. The van der Waals surface area contributed by atoms with E-state index >= 15 is 0 Å². The minimum Gasteiger partial charge on any atom is -0.445 e. The number of carbonyl (C=O) groups excluding carboxylic acids is 7. The van der Waals surface area contributed by atoms with Crippen molar-refractivity contribution in [3.63, 3.8) is 0 Å². The number of rotatable bonds is 23. The van der Waals surface area contributed by atoms with E-state index in [4.69, 9.17) is 20.4 Å². The Labute approximate surface area is 409 Å². The zero-order chi connectivity index (χ0) is 50.2. The first-order valence-electron chi connectivity index (χ1n) is 24.0. The van der Waals surface area contributed by atoms with Crippen LogP contribution in [0.25, 0.3) is 28.3 Å². The molecule has 5 aromatic rings. The summed E-state index contributed by atoms with van der Waals surface area (Å²) in [5, 5.41) is 15.2. The molecular formula is C50H59N13O8. The summed E-state index contributed by atoms with van der Waals surface area (Å²) < 4.78 is 7.63. The van der Waals surface area contributed by atoms with Gasteiger partial charge in [0.15, 0.2) is 5.65 Å². The van der Waals surface area contributed by atoms with Crippen LogP contribution in [0.3, 0.4) is 0 Å². The van der Waals surface area contributed by atoms with Crippen molar-refractivity contribution < 1.29 is 38.3 Å². The molecule has 372 valence electrons. The molecule has 1 unspecified atom stereocenters. The Morgan fingerprint density at radius 2 is 1.66 bits per heavy atom. The Morgan fingerprint density at radius 3 is 2.35 bits per heavy atom. The number of aromatic nitrogens is 6. The van der Waals surface area contributed by atoms with E-state index in [-0.39, 0.29) is 68.8 Å². The fourth-order valence-corrected chi connectivity index (χ4v) is 9.11. The lowest BCUT2D eigenvalue weighted by Gasteiger charge is -2.61. The molecule has 4 aliphatic rings. The maximum atomic E-state index is 14.0. The number of ether oxygens (including phenoxy) is 1. The predicted molar refractivity (Wildman–Crippen MR) is 259 cm³/mol. The van der Waals surface area contributed by atoms with E-state index in [2.05, 4.69) is 36.3 Å². The maximum Gasteiger partial charge on any atom is 0.410 e. The molecule has 3 fully saturated rings. The average molecular weight is 970 g/mol. The molecular weight excluding hydrogens is 911 g/mol. The first-order valence-corrected chi connectivity index (χ1v) is 24.0. The number of nitrogens with two attached hydrogens (primary N) is 1. The Kier molecular flexibility index (Phi) is 15.5. The highest BCUT2D eigenvalue weighted by Crippen LogP contribution is 2.56. The number of aryl methyl sites for hydroxylation is 1. The summed E-state index contributed by atoms with van der Waals surface area (Å²) >= 11 is 0. The number of amides is 8. The van der Waals surface area contributed by atoms with Crippen LogP contribution in [0, 0.1) is 24.7 Å². The summed E-state index contributed by atoms with van der Waals surface area (Å²) in [6.45, 7) is 6.07. The molecule has 1 aliphatic heterocycles. The van der Waals surface area contributed by atoms with Gasteiger partial charge in [0.2, 0.25) is 17.7 Å². The molecule has 5 heterocycles. The molecule has 0 saturated heterocycles. The molecule has 3 aliphatic carbocycles. The number of fused-ring (bicyclic) bond motifs is 1. The number of benzene rings is 1. The average Bonchev–Trinajstić information content (AvgIpc) is 4.05. The van der Waals surface area contributed by atoms with Crippen molar-refractivity contribution in [2.45, 2.75) is 103 Å². The summed E-state index contributed by atoms with van der Waals surface area (Å²) in [4.78, 5) is 110. The SMILES string of the molecule is Cc1cccc(-c2nc(CN(C(=O)OCc3ccc(NC(=O)[C@H](CCCNC(N)=O)NC(=O)C(NC(=O)CCCCCN4C(=O)C=CC4=O)C(C)C)cc3)C3C4CC3C4)[nH]c2-c2ccc3ncnn3c2)n1. The molecule has 21 nitrogen and oxygen atoms in total. The second-order valence-corrected chi connectivity index (χ2v) is 18.7. The Bertz CT molecular complexity index is 2790. The smallest absolute Gasteiger partial charge is 0.410 e. The van der Waals surface area contributed by atoms with Crippen LogP contribution >= 0.6 is 0 Å². The van der Waals surface area contributed by atoms with Gasteiger partial charge in [0.1, 0.15) is 36.5 Å². The molecule has 9 rings (SSSR count). The van der Waals surface area contributed by atoms with E-state index in [1.807, 2.05) is 43.5 Å². The van der Waals surface area contributed by atoms with Crippen LogP contribution in [0.5, 0.6) is 0 Å². The number of urea groups is 1. The minimum atomic E-state index is -1.04. The van der Waals surface area contributed by atoms with Crippen LogP contribution in [0.15, 0.2) is 79.3 Å². The van der Waals surface area contributed by atoms with Crippen LogP contribution in [-0.4, -0.2) is 112 Å². The van der Waals surface area contributed by atoms with Crippen LogP contribution in [-0.2, 0) is 41.9 Å². The van der Waals surface area contributed by atoms with Crippen molar-refractivity contribution in [3.05, 3.63) is 96.4 Å². The van der Waals surface area contributed by atoms with Crippen LogP contribution in [0.4, 0.5) is 15.3 Å². The maximum absolute atomic E-state index is 14.0. The van der Waals surface area contributed by atoms with Crippen molar-refractivity contribution in [2.24, 2.45) is 23.5 Å². The van der Waals surface area contributed by atoms with Gasteiger partial charge in [-0.05, 0) is 105 Å². The monoisotopic (exact) mass is 969 g/mol. The Morgan fingerprint density at radius 1 is 0.901 bits per heavy atom. The molecule has 21 heteroatoms. The zero-order valence-electron chi connectivity index (χ0n) is 39.9. The van der Waals surface area contributed by atoms with Gasteiger partial charge in [-0.3, -0.25) is 38.8 Å². The fraction of sp³-hybridized carbons (Fsp3) is 0.420. The van der Waals surface area contributed by atoms with Gasteiger partial charge in [0, 0.05) is 60.8 Å². The number of anilines is 1. The van der Waals surface area contributed by atoms with E-state index in [0.29, 0.717) is 71.6 Å². The van der Waals surface area contributed by atoms with Crippen LogP contribution < -0.4 is 27.0 Å². The van der Waals surface area contributed by atoms with Crippen molar-refractivity contribution in [2.75, 3.05) is 18.4 Å². The van der Waals surface area contributed by atoms with Gasteiger partial charge in [-0.2, -0.15) is 5.10 Å². The molecule has 0 spiro atoms. The third-order valence-corrected chi connectivity index (χ3v) is 13.2. The summed E-state index contributed by atoms with van der Waals surface area (Å²) in [6, 6.07) is 13.7. The van der Waals surface area contributed by atoms with Gasteiger partial charge in [-0.15, -0.1) is 0 Å². The van der Waals surface area contributed by atoms with E-state index in [9.17, 15) is 33.6 Å². The van der Waals surface area contributed by atoms with E-state index < -0.39 is 36.0 Å². The molecule has 71 heavy (non-hydrogen) atoms. The zero-order valence-corrected chi connectivity index (χ0v) is 39.9. The van der Waals surface area contributed by atoms with Crippen LogP contribution in [0.2, 0.25) is 0 Å². The summed E-state index contributed by atoms with van der Waals surface area (Å²) in [5.74, 6) is -1.08. The van der Waals surface area contributed by atoms with E-state index in [1.54, 1.807) is 47.5 Å². The highest BCUT2D eigenvalue weighted by atomic mass is 16.6. The Balaban J connectivity index is 0.873. The molecule has 8 amide bonds. The van der Waals surface area contributed by atoms with Gasteiger partial charge in [0.05, 0.1) is 17.9 Å². The van der Waals surface area contributed by atoms with Gasteiger partial charge in [-0.1, -0.05) is 38.5 Å². The number of carbonyl (C=O) groups is 7. The van der Waals surface area contributed by atoms with Crippen LogP contribution in [0.1, 0.15) is 82.3 Å². The van der Waals surface area contributed by atoms with E-state index in [1.165, 1.54) is 18.5 Å². The van der Waals surface area contributed by atoms with Gasteiger partial charge in [0.25, 0.3) is 11.8 Å². The van der Waals surface area contributed by atoms with Crippen molar-refractivity contribution >= 4 is 53.0 Å². The van der Waals surface area contributed by atoms with E-state index in [0.717, 1.165) is 34.7 Å². The number of imidazole rings is 1. The van der Waals surface area contributed by atoms with Gasteiger partial charge >= 0.3 is 12.1 Å². The number of primary amides is 1. The van der Waals surface area contributed by atoms with Crippen molar-refractivity contribution in [1.82, 2.24) is 55.3 Å². The number of nitrogens with zero attached hydrogens (tertiary/aromatic N) is 7. The first-order chi connectivity index (χ1) is 34.2. The molecule has 7 N–H and O–H groups in total. The molecule has 3 saturated carbocycles. The standard InChI is InChI=1S/C50H59N13O8/c1-29(2)43(60-40(64)12-5-4-6-22-61-41(65)19-20-42(61)66)48(68)57-37(11-8-21-52-49(51)69)47(67)56-35-16-13-31(14-17-35)27-71-50(70)62(46-33-23-34(46)24-33)26-38-58-44(32-15-18-39-53-28-54-63(39)25-32)45(59-38)36-10-7-9-30(3)55-36/h7,9-10,13-20,25,28-29,33-34,37,43,46H,4-6,8,11-12,21-24,26-27H2,1-3H3,(H,56,67)(H,57,68)(H,58,59)(H,60,64)(H3,51,52,69)/t33?,34?,37-,43?,46?/m0/s1. The van der Waals surface area contributed by atoms with Crippen molar-refractivity contribution in [3.8, 4) is 22.6 Å². The largest absolute Gasteiger partial charge is 0.445 e. The molecule has 4 aromatic heterocycles. The molecule has 2 atom stereocenters. The number of nitrogens with one attached hydrogen (secondary N) is 5. The number of hydrogen-bond acceptors (Lipinski definition) is 12. The lowest BCUT2D eigenvalue weighted by Crippen LogP contribution is -2.64. The van der Waals surface area contributed by atoms with Gasteiger partial charge < -0.3 is 36.7 Å². The molecule has 2 bridgehead atoms. The molecule has 0 radical (unpaired) electrons. The third kappa shape index (κ3) is 12.1. The van der Waals surface area contributed by atoms with Gasteiger partial charge in [-0.25, -0.2) is 24.1 Å². The number of hydrogen-bond donors (Lipinski definition) is 6. The number of pyridine rings is 2. The number of unbranched alkanes of at least 4 members (excludes halogenated alkanes) is 2. The number of imide groups is 1. The third-order valence-electron chi connectivity index (χ3n) is 13.2. The number of aromatic amines is 1. The molecule has 1 aromatic carbocycles. The lowest BCUT2D eigenvalue weighted by atomic mass is 9.51. The number of H-pyrrole nitrogens is 1. The lowest BCUT2D eigenvalue weighted by molar-refractivity contribution is -0.137. The summed E-state index contributed by atoms with van der Waals surface area (Å²) in [5.41, 5.74) is 10.8. The van der Waals surface area contributed by atoms with Crippen molar-refractivity contribution in [1.29, 1.82) is 0 Å². The fourth-order valence-electron chi connectivity index (χ4n) is 9.11. The first kappa shape index (κ1) is 49.5. The summed E-state index contributed by atoms with van der Waals surface area (Å²) in [7, 11) is 0. The predicted octanol–water partition coefficient (Wildman–Crippen LogP) is 4.54. The minimum absolute atomic E-state index is 0.0302.